The molecule has 0 spiro atoms. The first-order chi connectivity index (χ1) is 8.63. The van der Waals surface area contributed by atoms with E-state index in [-0.39, 0.29) is 0 Å². The number of nitrogens with two attached hydrogens (primary N) is 1. The lowest BCUT2D eigenvalue weighted by Gasteiger charge is -2.29. The number of hydrogen-bond acceptors (Lipinski definition) is 4. The van der Waals surface area contributed by atoms with E-state index in [1.54, 1.807) is 6.07 Å². The molecule has 1 aromatic heterocycles. The van der Waals surface area contributed by atoms with Crippen molar-refractivity contribution in [1.82, 2.24) is 4.98 Å². The summed E-state index contributed by atoms with van der Waals surface area (Å²) >= 11 is 12.3. The zero-order chi connectivity index (χ0) is 13.1. The number of anilines is 2. The minimum atomic E-state index is 0.435. The van der Waals surface area contributed by atoms with E-state index < -0.39 is 0 Å². The molecule has 0 saturated carbocycles. The van der Waals surface area contributed by atoms with Crippen LogP contribution in [-0.2, 0) is 0 Å². The molecule has 0 aliphatic carbocycles. The van der Waals surface area contributed by atoms with Crippen molar-refractivity contribution in [2.75, 3.05) is 16.9 Å². The molecule has 0 radical (unpaired) electrons. The summed E-state index contributed by atoms with van der Waals surface area (Å²) < 4.78 is 0. The molecule has 1 fully saturated rings. The number of hydrazine groups is 1. The number of pyridine rings is 1. The van der Waals surface area contributed by atoms with E-state index in [1.165, 1.54) is 12.8 Å². The smallest absolute Gasteiger partial charge is 0.161 e. The summed E-state index contributed by atoms with van der Waals surface area (Å²) in [6.07, 6.45) is 4.83. The Morgan fingerprint density at radius 1 is 1.33 bits per heavy atom. The van der Waals surface area contributed by atoms with Gasteiger partial charge in [0.2, 0.25) is 0 Å². The van der Waals surface area contributed by atoms with Gasteiger partial charge in [0, 0.05) is 12.6 Å². The minimum absolute atomic E-state index is 0.435. The average molecular weight is 289 g/mol. The van der Waals surface area contributed by atoms with Gasteiger partial charge in [0.05, 0.1) is 10.0 Å². The minimum Gasteiger partial charge on any atom is -0.353 e. The molecule has 1 unspecified atom stereocenters. The molecule has 2 rings (SSSR count). The Bertz CT molecular complexity index is 425. The van der Waals surface area contributed by atoms with E-state index in [2.05, 4.69) is 22.2 Å². The molecule has 6 heteroatoms. The van der Waals surface area contributed by atoms with E-state index in [0.717, 1.165) is 25.2 Å². The summed E-state index contributed by atoms with van der Waals surface area (Å²) in [6.45, 7) is 3.17. The summed E-state index contributed by atoms with van der Waals surface area (Å²) in [5.41, 5.74) is 2.50. The van der Waals surface area contributed by atoms with Crippen LogP contribution in [0.2, 0.25) is 10.0 Å². The van der Waals surface area contributed by atoms with Gasteiger partial charge in [-0.15, -0.1) is 0 Å². The topological polar surface area (TPSA) is 54.2 Å². The standard InChI is InChI=1S/C12H18Cl2N4/c1-8-5-3-2-4-6-18(8)12-10(14)7-9(13)11(16-12)17-15/h7-8H,2-6,15H2,1H3,(H,16,17). The van der Waals surface area contributed by atoms with Crippen LogP contribution in [0, 0.1) is 0 Å². The molecule has 1 atom stereocenters. The second-order valence-corrected chi connectivity index (χ2v) is 5.47. The molecule has 0 amide bonds. The van der Waals surface area contributed by atoms with Crippen LogP contribution in [0.25, 0.3) is 0 Å². The zero-order valence-electron chi connectivity index (χ0n) is 10.4. The van der Waals surface area contributed by atoms with Crippen LogP contribution in [0.3, 0.4) is 0 Å². The highest BCUT2D eigenvalue weighted by atomic mass is 35.5. The highest BCUT2D eigenvalue weighted by Crippen LogP contribution is 2.33. The third kappa shape index (κ3) is 2.82. The third-order valence-electron chi connectivity index (χ3n) is 3.37. The monoisotopic (exact) mass is 288 g/mol. The van der Waals surface area contributed by atoms with Crippen LogP contribution in [0.15, 0.2) is 6.07 Å². The molecule has 0 aromatic carbocycles. The average Bonchev–Trinajstić information content (AvgIpc) is 2.55. The van der Waals surface area contributed by atoms with Crippen LogP contribution in [0.1, 0.15) is 32.6 Å². The van der Waals surface area contributed by atoms with Crippen molar-refractivity contribution < 1.29 is 0 Å². The van der Waals surface area contributed by atoms with Gasteiger partial charge in [-0.2, -0.15) is 0 Å². The Balaban J connectivity index is 2.36. The predicted octanol–water partition coefficient (Wildman–Crippen LogP) is 3.44. The maximum absolute atomic E-state index is 6.25. The molecule has 100 valence electrons. The summed E-state index contributed by atoms with van der Waals surface area (Å²) in [5.74, 6) is 6.64. The molecule has 1 aromatic rings. The zero-order valence-corrected chi connectivity index (χ0v) is 11.9. The Hall–Kier alpha value is -0.710. The van der Waals surface area contributed by atoms with E-state index >= 15 is 0 Å². The SMILES string of the molecule is CC1CCCCCN1c1nc(NN)c(Cl)cc1Cl. The van der Waals surface area contributed by atoms with Gasteiger partial charge in [-0.25, -0.2) is 10.8 Å². The summed E-state index contributed by atoms with van der Waals surface area (Å²) in [7, 11) is 0. The highest BCUT2D eigenvalue weighted by Gasteiger charge is 2.21. The molecule has 0 bridgehead atoms. The predicted molar refractivity (Wildman–Crippen MR) is 77.3 cm³/mol. The fourth-order valence-electron chi connectivity index (χ4n) is 2.35. The van der Waals surface area contributed by atoms with Gasteiger partial charge >= 0.3 is 0 Å². The molecule has 18 heavy (non-hydrogen) atoms. The van der Waals surface area contributed by atoms with Crippen molar-refractivity contribution in [3.05, 3.63) is 16.1 Å². The van der Waals surface area contributed by atoms with E-state index in [0.29, 0.717) is 21.9 Å². The molecule has 4 nitrogen and oxygen atoms in total. The van der Waals surface area contributed by atoms with Gasteiger partial charge in [0.15, 0.2) is 5.82 Å². The molecule has 1 aliphatic rings. The number of nitrogen functional groups attached to an aromatic ring is 1. The number of rotatable bonds is 2. The summed E-state index contributed by atoms with van der Waals surface area (Å²) in [6, 6.07) is 2.13. The number of nitrogens with zero attached hydrogens (tertiary/aromatic N) is 2. The van der Waals surface area contributed by atoms with Gasteiger partial charge in [-0.3, -0.25) is 0 Å². The fourth-order valence-corrected chi connectivity index (χ4v) is 2.87. The Morgan fingerprint density at radius 3 is 2.83 bits per heavy atom. The molecule has 1 aliphatic heterocycles. The lowest BCUT2D eigenvalue weighted by Crippen LogP contribution is -2.33. The quantitative estimate of drug-likeness (QED) is 0.647. The van der Waals surface area contributed by atoms with Gasteiger partial charge in [-0.05, 0) is 25.8 Å². The molecule has 3 N–H and O–H groups in total. The van der Waals surface area contributed by atoms with E-state index in [1.807, 2.05) is 0 Å². The van der Waals surface area contributed by atoms with Crippen molar-refractivity contribution >= 4 is 34.8 Å². The van der Waals surface area contributed by atoms with Gasteiger partial charge in [0.25, 0.3) is 0 Å². The van der Waals surface area contributed by atoms with Crippen molar-refractivity contribution in [3.8, 4) is 0 Å². The summed E-state index contributed by atoms with van der Waals surface area (Å²) in [4.78, 5) is 6.67. The van der Waals surface area contributed by atoms with Crippen molar-refractivity contribution in [1.29, 1.82) is 0 Å². The number of nitrogens with one attached hydrogen (secondary N) is 1. The van der Waals surface area contributed by atoms with Gasteiger partial charge < -0.3 is 10.3 Å². The lowest BCUT2D eigenvalue weighted by atomic mass is 10.1. The first kappa shape index (κ1) is 13.7. The lowest BCUT2D eigenvalue weighted by molar-refractivity contribution is 0.611. The van der Waals surface area contributed by atoms with E-state index in [9.17, 15) is 0 Å². The Morgan fingerprint density at radius 2 is 2.11 bits per heavy atom. The molecular formula is C12H18Cl2N4. The fraction of sp³-hybridized carbons (Fsp3) is 0.583. The molecule has 2 heterocycles. The third-order valence-corrected chi connectivity index (χ3v) is 3.94. The van der Waals surface area contributed by atoms with Gasteiger partial charge in [-0.1, -0.05) is 36.0 Å². The van der Waals surface area contributed by atoms with Crippen LogP contribution >= 0.6 is 23.2 Å². The van der Waals surface area contributed by atoms with Crippen molar-refractivity contribution in [3.63, 3.8) is 0 Å². The normalized spacial score (nSPS) is 20.7. The van der Waals surface area contributed by atoms with Crippen LogP contribution in [-0.4, -0.2) is 17.6 Å². The number of halogens is 2. The van der Waals surface area contributed by atoms with Crippen LogP contribution in [0.5, 0.6) is 0 Å². The van der Waals surface area contributed by atoms with Gasteiger partial charge in [0.1, 0.15) is 5.82 Å². The maximum Gasteiger partial charge on any atom is 0.161 e. The Kier molecular flexibility index (Phi) is 4.54. The largest absolute Gasteiger partial charge is 0.353 e. The number of aromatic nitrogens is 1. The summed E-state index contributed by atoms with van der Waals surface area (Å²) in [5, 5.41) is 1.02. The van der Waals surface area contributed by atoms with Crippen LogP contribution < -0.4 is 16.2 Å². The van der Waals surface area contributed by atoms with Crippen molar-refractivity contribution in [2.24, 2.45) is 5.84 Å². The highest BCUT2D eigenvalue weighted by molar-refractivity contribution is 6.37. The van der Waals surface area contributed by atoms with Crippen LogP contribution in [0.4, 0.5) is 11.6 Å². The second kappa shape index (κ2) is 5.95. The first-order valence-electron chi connectivity index (χ1n) is 6.22. The second-order valence-electron chi connectivity index (χ2n) is 4.66. The molecular weight excluding hydrogens is 271 g/mol. The first-order valence-corrected chi connectivity index (χ1v) is 6.98. The molecule has 1 saturated heterocycles. The number of hydrogen-bond donors (Lipinski definition) is 2. The maximum atomic E-state index is 6.25. The van der Waals surface area contributed by atoms with E-state index in [4.69, 9.17) is 29.0 Å². The van der Waals surface area contributed by atoms with Crippen molar-refractivity contribution in [2.45, 2.75) is 38.6 Å². The Labute approximate surface area is 117 Å².